The van der Waals surface area contributed by atoms with Crippen molar-refractivity contribution < 1.29 is 19.1 Å². The summed E-state index contributed by atoms with van der Waals surface area (Å²) in [4.78, 5) is 21.9. The van der Waals surface area contributed by atoms with Crippen LogP contribution in [0.2, 0.25) is 0 Å². The minimum Gasteiger partial charge on any atom is -0.457 e. The quantitative estimate of drug-likeness (QED) is 0.209. The molecule has 0 saturated carbocycles. The van der Waals surface area contributed by atoms with E-state index in [2.05, 4.69) is 60.4 Å². The molecule has 0 bridgehead atoms. The van der Waals surface area contributed by atoms with Gasteiger partial charge in [-0.3, -0.25) is 0 Å². The van der Waals surface area contributed by atoms with Crippen molar-refractivity contribution in [3.8, 4) is 0 Å². The van der Waals surface area contributed by atoms with E-state index < -0.39 is 11.2 Å². The number of carbonyl (C=O) groups excluding carboxylic acids is 2. The van der Waals surface area contributed by atoms with E-state index in [0.29, 0.717) is 0 Å². The van der Waals surface area contributed by atoms with Gasteiger partial charge in [0.05, 0.1) is 0 Å². The predicted octanol–water partition coefficient (Wildman–Crippen LogP) is 8.10. The molecule has 0 aromatic heterocycles. The Morgan fingerprint density at radius 3 is 1.47 bits per heavy atom. The van der Waals surface area contributed by atoms with Gasteiger partial charge in [0.1, 0.15) is 11.2 Å². The van der Waals surface area contributed by atoms with Gasteiger partial charge < -0.3 is 9.47 Å². The molecule has 0 spiro atoms. The number of ether oxygens (including phenoxy) is 2. The lowest BCUT2D eigenvalue weighted by atomic mass is 10.1. The number of halogens is 1. The summed E-state index contributed by atoms with van der Waals surface area (Å²) >= 11 is 2.30. The highest BCUT2D eigenvalue weighted by Gasteiger charge is 2.14. The average molecular weight is 581 g/mol. The first kappa shape index (κ1) is 33.8. The highest BCUT2D eigenvalue weighted by atomic mass is 127. The van der Waals surface area contributed by atoms with Gasteiger partial charge in [-0.25, -0.2) is 9.59 Å². The van der Waals surface area contributed by atoms with Crippen molar-refractivity contribution >= 4 is 40.6 Å². The zero-order chi connectivity index (χ0) is 25.7. The lowest BCUT2D eigenvalue weighted by Crippen LogP contribution is -2.22. The van der Waals surface area contributed by atoms with Crippen LogP contribution in [-0.2, 0) is 19.1 Å². The molecule has 0 atom stereocenters. The maximum absolute atomic E-state index is 11.4. The van der Waals surface area contributed by atoms with Crippen LogP contribution in [0.1, 0.15) is 65.7 Å². The van der Waals surface area contributed by atoms with E-state index in [1.807, 2.05) is 72.7 Å². The molecule has 0 fully saturated rings. The van der Waals surface area contributed by atoms with Crippen LogP contribution in [0.15, 0.2) is 67.3 Å². The van der Waals surface area contributed by atoms with E-state index in [-0.39, 0.29) is 19.4 Å². The van der Waals surface area contributed by atoms with Gasteiger partial charge in [0.15, 0.2) is 0 Å². The van der Waals surface area contributed by atoms with Crippen LogP contribution in [0.5, 0.6) is 0 Å². The minimum atomic E-state index is -0.436. The lowest BCUT2D eigenvalue weighted by Gasteiger charge is -2.17. The summed E-state index contributed by atoms with van der Waals surface area (Å²) < 4.78 is 11.3. The first-order chi connectivity index (χ1) is 15.1. The fourth-order valence-electron chi connectivity index (χ4n) is 2.05. The first-order valence-corrected chi connectivity index (χ1v) is 11.7. The molecule has 0 aliphatic heterocycles. The molecular formula is C29H41IO4. The zero-order valence-electron chi connectivity index (χ0n) is 21.1. The Bertz CT molecular complexity index is 876. The highest BCUT2D eigenvalue weighted by Crippen LogP contribution is 2.09. The van der Waals surface area contributed by atoms with E-state index in [1.54, 1.807) is 6.08 Å². The lowest BCUT2D eigenvalue weighted by molar-refractivity contribution is -0.149. The van der Waals surface area contributed by atoms with Crippen molar-refractivity contribution in [2.24, 2.45) is 0 Å². The van der Waals surface area contributed by atoms with E-state index >= 15 is 0 Å². The van der Waals surface area contributed by atoms with Gasteiger partial charge in [-0.2, -0.15) is 0 Å². The van der Waals surface area contributed by atoms with Gasteiger partial charge in [-0.1, -0.05) is 61.5 Å². The summed E-state index contributed by atoms with van der Waals surface area (Å²) in [6.07, 6.45) is 4.37. The molecule has 0 radical (unpaired) electrons. The Hall–Kier alpha value is -2.41. The Morgan fingerprint density at radius 1 is 0.765 bits per heavy atom. The van der Waals surface area contributed by atoms with Crippen LogP contribution in [0.25, 0.3) is 6.08 Å². The van der Waals surface area contributed by atoms with Crippen LogP contribution >= 0.6 is 22.6 Å². The van der Waals surface area contributed by atoms with Crippen LogP contribution < -0.4 is 0 Å². The number of esters is 2. The van der Waals surface area contributed by atoms with Gasteiger partial charge >= 0.3 is 11.9 Å². The van der Waals surface area contributed by atoms with Gasteiger partial charge in [-0.05, 0) is 102 Å². The van der Waals surface area contributed by atoms with Crippen LogP contribution in [0, 0.1) is 17.4 Å². The SMILES string of the molecule is C.C=CC(=O)OC(C)(C)C.Cc1ccc(/C=C/C(=O)OC(C)(C)C)cc1.Cc1ccc(I)cc1. The van der Waals surface area contributed by atoms with Crippen LogP contribution in [0.4, 0.5) is 0 Å². The summed E-state index contributed by atoms with van der Waals surface area (Å²) in [5, 5.41) is 0. The van der Waals surface area contributed by atoms with E-state index in [9.17, 15) is 9.59 Å². The molecule has 0 aliphatic rings. The third-order valence-electron chi connectivity index (χ3n) is 3.48. The molecule has 0 heterocycles. The van der Waals surface area contributed by atoms with Crippen molar-refractivity contribution in [3.05, 3.63) is 87.5 Å². The summed E-state index contributed by atoms with van der Waals surface area (Å²) in [5.41, 5.74) is 2.69. The van der Waals surface area contributed by atoms with Gasteiger partial charge in [0.2, 0.25) is 0 Å². The van der Waals surface area contributed by atoms with Gasteiger partial charge in [0.25, 0.3) is 0 Å². The third kappa shape index (κ3) is 20.2. The Morgan fingerprint density at radius 2 is 1.15 bits per heavy atom. The fraction of sp³-hybridized carbons (Fsp3) is 0.379. The summed E-state index contributed by atoms with van der Waals surface area (Å²) in [6, 6.07) is 16.4. The molecule has 0 N–H and O–H groups in total. The van der Waals surface area contributed by atoms with Crippen LogP contribution in [-0.4, -0.2) is 23.1 Å². The molecule has 0 unspecified atom stereocenters. The second-order valence-corrected chi connectivity index (χ2v) is 10.6. The topological polar surface area (TPSA) is 52.6 Å². The second kappa shape index (κ2) is 16.3. The molecule has 2 rings (SSSR count). The average Bonchev–Trinajstić information content (AvgIpc) is 2.68. The van der Waals surface area contributed by atoms with E-state index in [4.69, 9.17) is 9.47 Å². The maximum atomic E-state index is 11.4. The smallest absolute Gasteiger partial charge is 0.331 e. The number of carbonyl (C=O) groups is 2. The third-order valence-corrected chi connectivity index (χ3v) is 4.20. The van der Waals surface area contributed by atoms with Gasteiger partial charge in [0, 0.05) is 15.7 Å². The van der Waals surface area contributed by atoms with Crippen molar-refractivity contribution in [2.75, 3.05) is 0 Å². The number of benzene rings is 2. The summed E-state index contributed by atoms with van der Waals surface area (Å²) in [6.45, 7) is 18.4. The van der Waals surface area contributed by atoms with Gasteiger partial charge in [-0.15, -0.1) is 0 Å². The Labute approximate surface area is 220 Å². The Kier molecular flexibility index (Phi) is 16.1. The number of hydrogen-bond donors (Lipinski definition) is 0. The molecule has 2 aromatic rings. The van der Waals surface area contributed by atoms with Crippen molar-refractivity contribution in [3.63, 3.8) is 0 Å². The molecule has 0 aliphatic carbocycles. The molecule has 4 nitrogen and oxygen atoms in total. The fourth-order valence-corrected chi connectivity index (χ4v) is 2.41. The zero-order valence-corrected chi connectivity index (χ0v) is 23.2. The van der Waals surface area contributed by atoms with Crippen molar-refractivity contribution in [1.29, 1.82) is 0 Å². The normalized spacial score (nSPS) is 10.5. The van der Waals surface area contributed by atoms with E-state index in [0.717, 1.165) is 11.6 Å². The standard InChI is InChI=1S/C14H18O2.C7H7I.C7H12O2.CH4/c1-11-5-7-12(8-6-11)9-10-13(15)16-14(2,3)4;1-6-2-4-7(8)5-3-6;1-5-6(8)9-7(2,3)4;/h5-10H,1-4H3;2-5H,1H3;5H,1H2,2-4H3;1H4/b10-9+;;;. The highest BCUT2D eigenvalue weighted by molar-refractivity contribution is 14.1. The molecule has 5 heteroatoms. The maximum Gasteiger partial charge on any atom is 0.331 e. The largest absolute Gasteiger partial charge is 0.457 e. The Balaban J connectivity index is 0. The number of rotatable bonds is 3. The molecule has 0 amide bonds. The molecule has 2 aromatic carbocycles. The molecule has 0 saturated heterocycles. The molecule has 188 valence electrons. The summed E-state index contributed by atoms with van der Waals surface area (Å²) in [7, 11) is 0. The van der Waals surface area contributed by atoms with Crippen molar-refractivity contribution in [1.82, 2.24) is 0 Å². The number of hydrogen-bond acceptors (Lipinski definition) is 4. The first-order valence-electron chi connectivity index (χ1n) is 10.7. The summed E-state index contributed by atoms with van der Waals surface area (Å²) in [5.74, 6) is -0.685. The monoisotopic (exact) mass is 580 g/mol. The minimum absolute atomic E-state index is 0. The predicted molar refractivity (Wildman–Crippen MR) is 153 cm³/mol. The van der Waals surface area contributed by atoms with Crippen molar-refractivity contribution in [2.45, 2.75) is 74.0 Å². The second-order valence-electron chi connectivity index (χ2n) is 9.31. The number of aryl methyl sites for hydroxylation is 2. The van der Waals surface area contributed by atoms with E-state index in [1.165, 1.54) is 20.8 Å². The molecule has 34 heavy (non-hydrogen) atoms. The molecular weight excluding hydrogens is 539 g/mol. The van der Waals surface area contributed by atoms with Crippen LogP contribution in [0.3, 0.4) is 0 Å².